The SMILES string of the molecule is C#CCNCc1cc(Cl)c2c(c1)OCO2. The van der Waals surface area contributed by atoms with Gasteiger partial charge in [0, 0.05) is 6.54 Å². The quantitative estimate of drug-likeness (QED) is 0.626. The van der Waals surface area contributed by atoms with E-state index in [1.54, 1.807) is 0 Å². The molecule has 3 nitrogen and oxygen atoms in total. The summed E-state index contributed by atoms with van der Waals surface area (Å²) in [5.41, 5.74) is 1.03. The minimum absolute atomic E-state index is 0.232. The van der Waals surface area contributed by atoms with Crippen LogP contribution in [0.1, 0.15) is 5.56 Å². The van der Waals surface area contributed by atoms with Gasteiger partial charge in [0.15, 0.2) is 11.5 Å². The van der Waals surface area contributed by atoms with Crippen molar-refractivity contribution in [2.75, 3.05) is 13.3 Å². The van der Waals surface area contributed by atoms with Crippen LogP contribution in [0.3, 0.4) is 0 Å². The summed E-state index contributed by atoms with van der Waals surface area (Å²) < 4.78 is 10.5. The molecule has 0 aromatic heterocycles. The van der Waals surface area contributed by atoms with Gasteiger partial charge in [-0.3, -0.25) is 0 Å². The molecule has 15 heavy (non-hydrogen) atoms. The predicted octanol–water partition coefficient (Wildman–Crippen LogP) is 1.79. The van der Waals surface area contributed by atoms with Gasteiger partial charge in [-0.2, -0.15) is 0 Å². The molecule has 0 saturated heterocycles. The third-order valence-electron chi connectivity index (χ3n) is 2.04. The molecule has 0 spiro atoms. The second-order valence-corrected chi connectivity index (χ2v) is 3.53. The van der Waals surface area contributed by atoms with Crippen LogP contribution in [0.15, 0.2) is 12.1 Å². The van der Waals surface area contributed by atoms with Crippen LogP contribution in [0.25, 0.3) is 0 Å². The third-order valence-corrected chi connectivity index (χ3v) is 2.32. The van der Waals surface area contributed by atoms with E-state index in [0.29, 0.717) is 29.6 Å². The molecule has 0 atom stereocenters. The summed E-state index contributed by atoms with van der Waals surface area (Å²) in [6.45, 7) is 1.43. The Morgan fingerprint density at radius 3 is 3.13 bits per heavy atom. The van der Waals surface area contributed by atoms with E-state index in [9.17, 15) is 0 Å². The molecule has 0 aliphatic carbocycles. The minimum atomic E-state index is 0.232. The number of ether oxygens (including phenoxy) is 2. The Morgan fingerprint density at radius 1 is 1.47 bits per heavy atom. The van der Waals surface area contributed by atoms with Gasteiger partial charge >= 0.3 is 0 Å². The lowest BCUT2D eigenvalue weighted by molar-refractivity contribution is 0.174. The fourth-order valence-corrected chi connectivity index (χ4v) is 1.69. The van der Waals surface area contributed by atoms with Gasteiger partial charge in [-0.05, 0) is 17.7 Å². The van der Waals surface area contributed by atoms with Gasteiger partial charge in [-0.25, -0.2) is 0 Å². The van der Waals surface area contributed by atoms with Gasteiger partial charge in [0.05, 0.1) is 11.6 Å². The molecule has 0 saturated carbocycles. The smallest absolute Gasteiger partial charge is 0.231 e. The van der Waals surface area contributed by atoms with Gasteiger partial charge < -0.3 is 14.8 Å². The summed E-state index contributed by atoms with van der Waals surface area (Å²) in [6, 6.07) is 3.75. The van der Waals surface area contributed by atoms with Gasteiger partial charge in [0.2, 0.25) is 6.79 Å². The van der Waals surface area contributed by atoms with Crippen molar-refractivity contribution in [2.45, 2.75) is 6.54 Å². The first-order valence-electron chi connectivity index (χ1n) is 4.53. The highest BCUT2D eigenvalue weighted by Gasteiger charge is 2.17. The summed E-state index contributed by atoms with van der Waals surface area (Å²) >= 11 is 6.01. The monoisotopic (exact) mass is 223 g/mol. The molecule has 1 heterocycles. The molecular weight excluding hydrogens is 214 g/mol. The van der Waals surface area contributed by atoms with E-state index in [0.717, 1.165) is 5.56 Å². The Bertz CT molecular complexity index is 412. The molecule has 1 aromatic rings. The summed E-state index contributed by atoms with van der Waals surface area (Å²) in [5.74, 6) is 3.82. The number of halogens is 1. The molecule has 1 aliphatic rings. The van der Waals surface area contributed by atoms with Crippen molar-refractivity contribution in [3.8, 4) is 23.8 Å². The van der Waals surface area contributed by atoms with Crippen LogP contribution >= 0.6 is 11.6 Å². The third kappa shape index (κ3) is 2.17. The average Bonchev–Trinajstić information content (AvgIpc) is 2.66. The molecular formula is C11H10ClNO2. The largest absolute Gasteiger partial charge is 0.454 e. The van der Waals surface area contributed by atoms with Crippen LogP contribution in [0.2, 0.25) is 5.02 Å². The lowest BCUT2D eigenvalue weighted by Crippen LogP contribution is -2.12. The Labute approximate surface area is 93.3 Å². The van der Waals surface area contributed by atoms with Crippen molar-refractivity contribution in [3.63, 3.8) is 0 Å². The molecule has 2 rings (SSSR count). The van der Waals surface area contributed by atoms with Gasteiger partial charge in [-0.15, -0.1) is 6.42 Å². The van der Waals surface area contributed by atoms with E-state index in [-0.39, 0.29) is 6.79 Å². The first-order valence-corrected chi connectivity index (χ1v) is 4.91. The van der Waals surface area contributed by atoms with E-state index in [1.807, 2.05) is 12.1 Å². The summed E-state index contributed by atoms with van der Waals surface area (Å²) in [7, 11) is 0. The van der Waals surface area contributed by atoms with Crippen molar-refractivity contribution in [1.82, 2.24) is 5.32 Å². The summed E-state index contributed by atoms with van der Waals surface area (Å²) in [6.07, 6.45) is 5.13. The molecule has 0 fully saturated rings. The standard InChI is InChI=1S/C11H10ClNO2/c1-2-3-13-6-8-4-9(12)11-10(5-8)14-7-15-11/h1,4-5,13H,3,6-7H2. The summed E-state index contributed by atoms with van der Waals surface area (Å²) in [4.78, 5) is 0. The van der Waals surface area contributed by atoms with Crippen LogP contribution < -0.4 is 14.8 Å². The molecule has 0 unspecified atom stereocenters. The highest BCUT2D eigenvalue weighted by atomic mass is 35.5. The highest BCUT2D eigenvalue weighted by Crippen LogP contribution is 2.39. The van der Waals surface area contributed by atoms with E-state index in [2.05, 4.69) is 11.2 Å². The molecule has 4 heteroatoms. The molecule has 0 amide bonds. The molecule has 0 bridgehead atoms. The van der Waals surface area contributed by atoms with Crippen LogP contribution in [-0.4, -0.2) is 13.3 Å². The predicted molar refractivity (Wildman–Crippen MR) is 58.1 cm³/mol. The lowest BCUT2D eigenvalue weighted by atomic mass is 10.2. The molecule has 1 aliphatic heterocycles. The van der Waals surface area contributed by atoms with E-state index < -0.39 is 0 Å². The Morgan fingerprint density at radius 2 is 2.33 bits per heavy atom. The van der Waals surface area contributed by atoms with Crippen molar-refractivity contribution >= 4 is 11.6 Å². The van der Waals surface area contributed by atoms with E-state index in [1.165, 1.54) is 0 Å². The van der Waals surface area contributed by atoms with Crippen molar-refractivity contribution in [2.24, 2.45) is 0 Å². The van der Waals surface area contributed by atoms with Crippen LogP contribution in [0, 0.1) is 12.3 Å². The van der Waals surface area contributed by atoms with Crippen molar-refractivity contribution in [3.05, 3.63) is 22.7 Å². The lowest BCUT2D eigenvalue weighted by Gasteiger charge is -2.04. The highest BCUT2D eigenvalue weighted by molar-refractivity contribution is 6.32. The van der Waals surface area contributed by atoms with Gasteiger partial charge in [-0.1, -0.05) is 17.5 Å². The van der Waals surface area contributed by atoms with Crippen LogP contribution in [0.4, 0.5) is 0 Å². The minimum Gasteiger partial charge on any atom is -0.454 e. The Balaban J connectivity index is 2.14. The zero-order chi connectivity index (χ0) is 10.7. The van der Waals surface area contributed by atoms with Crippen LogP contribution in [-0.2, 0) is 6.54 Å². The van der Waals surface area contributed by atoms with Crippen LogP contribution in [0.5, 0.6) is 11.5 Å². The number of benzene rings is 1. The topological polar surface area (TPSA) is 30.5 Å². The average molecular weight is 224 g/mol. The first kappa shape index (κ1) is 10.2. The number of rotatable bonds is 3. The summed E-state index contributed by atoms with van der Waals surface area (Å²) in [5, 5.41) is 3.65. The maximum absolute atomic E-state index is 6.01. The zero-order valence-electron chi connectivity index (χ0n) is 8.05. The maximum Gasteiger partial charge on any atom is 0.231 e. The van der Waals surface area contributed by atoms with E-state index >= 15 is 0 Å². The van der Waals surface area contributed by atoms with Gasteiger partial charge in [0.1, 0.15) is 0 Å². The zero-order valence-corrected chi connectivity index (χ0v) is 8.80. The Hall–Kier alpha value is -1.37. The normalized spacial score (nSPS) is 12.5. The second kappa shape index (κ2) is 4.43. The Kier molecular flexibility index (Phi) is 3.00. The number of terminal acetylenes is 1. The van der Waals surface area contributed by atoms with E-state index in [4.69, 9.17) is 27.5 Å². The fourth-order valence-electron chi connectivity index (χ4n) is 1.40. The molecule has 78 valence electrons. The number of nitrogens with one attached hydrogen (secondary N) is 1. The first-order chi connectivity index (χ1) is 7.31. The number of hydrogen-bond donors (Lipinski definition) is 1. The fraction of sp³-hybridized carbons (Fsp3) is 0.273. The number of fused-ring (bicyclic) bond motifs is 1. The second-order valence-electron chi connectivity index (χ2n) is 3.12. The molecule has 1 N–H and O–H groups in total. The van der Waals surface area contributed by atoms with Crippen molar-refractivity contribution < 1.29 is 9.47 Å². The van der Waals surface area contributed by atoms with Crippen molar-refractivity contribution in [1.29, 1.82) is 0 Å². The van der Waals surface area contributed by atoms with Gasteiger partial charge in [0.25, 0.3) is 0 Å². The molecule has 0 radical (unpaired) electrons. The maximum atomic E-state index is 6.01. The number of hydrogen-bond acceptors (Lipinski definition) is 3. The molecule has 1 aromatic carbocycles.